The van der Waals surface area contributed by atoms with Gasteiger partial charge in [-0.05, 0) is 36.2 Å². The Bertz CT molecular complexity index is 654. The molecule has 2 aromatic rings. The molecule has 0 spiro atoms. The van der Waals surface area contributed by atoms with Crippen molar-refractivity contribution >= 4 is 11.7 Å². The molecule has 0 fully saturated rings. The quantitative estimate of drug-likeness (QED) is 0.781. The summed E-state index contributed by atoms with van der Waals surface area (Å²) in [6.07, 6.45) is 0.631. The van der Waals surface area contributed by atoms with Crippen LogP contribution in [0.1, 0.15) is 18.4 Å². The summed E-state index contributed by atoms with van der Waals surface area (Å²) in [5.41, 5.74) is 11.7. The fraction of sp³-hybridized carbons (Fsp3) is 0.222. The molecular weight excluding hydrogens is 292 g/mol. The van der Waals surface area contributed by atoms with Crippen molar-refractivity contribution in [1.82, 2.24) is 0 Å². The Hall–Kier alpha value is -2.66. The van der Waals surface area contributed by atoms with E-state index in [0.717, 1.165) is 11.3 Å². The van der Waals surface area contributed by atoms with E-state index in [4.69, 9.17) is 16.2 Å². The molecule has 2 aromatic carbocycles. The number of para-hydroxylation sites is 1. The average molecular weight is 312 g/mol. The maximum atomic E-state index is 12.0. The van der Waals surface area contributed by atoms with Crippen LogP contribution in [-0.2, 0) is 16.0 Å². The van der Waals surface area contributed by atoms with Crippen molar-refractivity contribution in [2.45, 2.75) is 25.3 Å². The number of Topliss-reactive ketones (excluding diaryl/α,β-unsaturated/α-hetero) is 1. The van der Waals surface area contributed by atoms with E-state index in [1.807, 2.05) is 54.6 Å². The molecule has 0 saturated heterocycles. The van der Waals surface area contributed by atoms with Gasteiger partial charge in [0.15, 0.2) is 5.78 Å². The van der Waals surface area contributed by atoms with E-state index < -0.39 is 11.9 Å². The summed E-state index contributed by atoms with van der Waals surface area (Å²) in [6.45, 7) is 0. The van der Waals surface area contributed by atoms with Gasteiger partial charge in [-0.15, -0.1) is 0 Å². The zero-order valence-electron chi connectivity index (χ0n) is 12.8. The number of hydrogen-bond donors (Lipinski definition) is 2. The van der Waals surface area contributed by atoms with Gasteiger partial charge >= 0.3 is 0 Å². The van der Waals surface area contributed by atoms with Crippen LogP contribution in [0.25, 0.3) is 0 Å². The van der Waals surface area contributed by atoms with E-state index >= 15 is 0 Å². The Kier molecular flexibility index (Phi) is 5.88. The Morgan fingerprint density at radius 1 is 0.957 bits per heavy atom. The summed E-state index contributed by atoms with van der Waals surface area (Å²) in [6, 6.07) is 16.1. The number of nitrogens with two attached hydrogens (primary N) is 2. The van der Waals surface area contributed by atoms with E-state index in [1.165, 1.54) is 0 Å². The zero-order valence-corrected chi connectivity index (χ0v) is 12.8. The maximum Gasteiger partial charge on any atom is 0.217 e. The number of benzene rings is 2. The van der Waals surface area contributed by atoms with E-state index in [-0.39, 0.29) is 25.0 Å². The molecule has 0 aliphatic rings. The molecule has 2 rings (SSSR count). The van der Waals surface area contributed by atoms with Gasteiger partial charge in [0.05, 0.1) is 6.04 Å². The molecule has 120 valence electrons. The number of ether oxygens (including phenoxy) is 1. The van der Waals surface area contributed by atoms with E-state index in [1.54, 1.807) is 0 Å². The highest BCUT2D eigenvalue weighted by atomic mass is 16.5. The minimum Gasteiger partial charge on any atom is -0.457 e. The Labute approximate surface area is 135 Å². The van der Waals surface area contributed by atoms with Crippen LogP contribution in [0, 0.1) is 0 Å². The summed E-state index contributed by atoms with van der Waals surface area (Å²) in [4.78, 5) is 22.7. The largest absolute Gasteiger partial charge is 0.457 e. The monoisotopic (exact) mass is 312 g/mol. The van der Waals surface area contributed by atoms with Crippen LogP contribution in [0.5, 0.6) is 11.5 Å². The number of rotatable bonds is 8. The van der Waals surface area contributed by atoms with Gasteiger partial charge < -0.3 is 16.2 Å². The van der Waals surface area contributed by atoms with E-state index in [2.05, 4.69) is 0 Å². The standard InChI is InChI=1S/C18H20N2O3/c19-16(10-11-18(20)22)17(21)12-13-6-8-15(9-7-13)23-14-4-2-1-3-5-14/h1-9,16H,10-12,19H2,(H2,20,22)/t16-/m1/s1. The number of amides is 1. The van der Waals surface area contributed by atoms with Crippen LogP contribution in [0.3, 0.4) is 0 Å². The van der Waals surface area contributed by atoms with Crippen LogP contribution in [-0.4, -0.2) is 17.7 Å². The van der Waals surface area contributed by atoms with Gasteiger partial charge in [0, 0.05) is 12.8 Å². The maximum absolute atomic E-state index is 12.0. The first-order valence-corrected chi connectivity index (χ1v) is 7.43. The first kappa shape index (κ1) is 16.7. The Morgan fingerprint density at radius 3 is 2.17 bits per heavy atom. The number of ketones is 1. The highest BCUT2D eigenvalue weighted by Crippen LogP contribution is 2.21. The molecule has 1 atom stereocenters. The molecule has 0 radical (unpaired) electrons. The summed E-state index contributed by atoms with van der Waals surface area (Å²) in [7, 11) is 0. The highest BCUT2D eigenvalue weighted by Gasteiger charge is 2.14. The van der Waals surface area contributed by atoms with Crippen molar-refractivity contribution in [2.75, 3.05) is 0 Å². The van der Waals surface area contributed by atoms with Gasteiger partial charge in [-0.1, -0.05) is 30.3 Å². The minimum absolute atomic E-state index is 0.108. The fourth-order valence-corrected chi connectivity index (χ4v) is 2.09. The number of carbonyl (C=O) groups is 2. The second kappa shape index (κ2) is 8.10. The van der Waals surface area contributed by atoms with Crippen molar-refractivity contribution in [3.63, 3.8) is 0 Å². The summed E-state index contributed by atoms with van der Waals surface area (Å²) < 4.78 is 5.69. The van der Waals surface area contributed by atoms with Crippen molar-refractivity contribution in [3.8, 4) is 11.5 Å². The van der Waals surface area contributed by atoms with Crippen LogP contribution < -0.4 is 16.2 Å². The van der Waals surface area contributed by atoms with Crippen molar-refractivity contribution < 1.29 is 14.3 Å². The molecule has 5 nitrogen and oxygen atoms in total. The van der Waals surface area contributed by atoms with Crippen molar-refractivity contribution in [1.29, 1.82) is 0 Å². The van der Waals surface area contributed by atoms with Gasteiger partial charge in [0.1, 0.15) is 11.5 Å². The lowest BCUT2D eigenvalue weighted by Crippen LogP contribution is -2.33. The molecule has 5 heteroatoms. The lowest BCUT2D eigenvalue weighted by Gasteiger charge is -2.10. The summed E-state index contributed by atoms with van der Waals surface area (Å²) in [5.74, 6) is 0.897. The number of carbonyl (C=O) groups excluding carboxylic acids is 2. The lowest BCUT2D eigenvalue weighted by atomic mass is 10.0. The Morgan fingerprint density at radius 2 is 1.57 bits per heavy atom. The minimum atomic E-state index is -0.664. The molecule has 0 heterocycles. The van der Waals surface area contributed by atoms with Gasteiger partial charge in [0.25, 0.3) is 0 Å². The third kappa shape index (κ3) is 5.56. The van der Waals surface area contributed by atoms with E-state index in [0.29, 0.717) is 5.75 Å². The first-order valence-electron chi connectivity index (χ1n) is 7.43. The average Bonchev–Trinajstić information content (AvgIpc) is 2.55. The Balaban J connectivity index is 1.89. The molecule has 0 unspecified atom stereocenters. The fourth-order valence-electron chi connectivity index (χ4n) is 2.09. The van der Waals surface area contributed by atoms with Gasteiger partial charge in [-0.2, -0.15) is 0 Å². The number of hydrogen-bond acceptors (Lipinski definition) is 4. The predicted molar refractivity (Wildman–Crippen MR) is 88.1 cm³/mol. The first-order chi connectivity index (χ1) is 11.0. The highest BCUT2D eigenvalue weighted by molar-refractivity contribution is 5.86. The molecule has 0 aromatic heterocycles. The third-order valence-electron chi connectivity index (χ3n) is 3.40. The van der Waals surface area contributed by atoms with Gasteiger partial charge in [-0.3, -0.25) is 9.59 Å². The number of primary amides is 1. The van der Waals surface area contributed by atoms with Crippen LogP contribution in [0.15, 0.2) is 54.6 Å². The molecular formula is C18H20N2O3. The third-order valence-corrected chi connectivity index (χ3v) is 3.40. The van der Waals surface area contributed by atoms with E-state index in [9.17, 15) is 9.59 Å². The summed E-state index contributed by atoms with van der Waals surface area (Å²) >= 11 is 0. The van der Waals surface area contributed by atoms with Crippen LogP contribution in [0.4, 0.5) is 0 Å². The lowest BCUT2D eigenvalue weighted by molar-refractivity contribution is -0.120. The summed E-state index contributed by atoms with van der Waals surface area (Å²) in [5, 5.41) is 0. The van der Waals surface area contributed by atoms with Crippen molar-refractivity contribution in [3.05, 3.63) is 60.2 Å². The molecule has 0 bridgehead atoms. The molecule has 0 aliphatic carbocycles. The second-order valence-electron chi connectivity index (χ2n) is 5.31. The SMILES string of the molecule is NC(=O)CC[C@@H](N)C(=O)Cc1ccc(Oc2ccccc2)cc1. The van der Waals surface area contributed by atoms with Crippen LogP contribution in [0.2, 0.25) is 0 Å². The molecule has 0 saturated carbocycles. The van der Waals surface area contributed by atoms with Crippen LogP contribution >= 0.6 is 0 Å². The topological polar surface area (TPSA) is 95.4 Å². The normalized spacial score (nSPS) is 11.7. The second-order valence-corrected chi connectivity index (χ2v) is 5.31. The zero-order chi connectivity index (χ0) is 16.7. The predicted octanol–water partition coefficient (Wildman–Crippen LogP) is 2.18. The molecule has 4 N–H and O–H groups in total. The molecule has 23 heavy (non-hydrogen) atoms. The van der Waals surface area contributed by atoms with Crippen molar-refractivity contribution in [2.24, 2.45) is 11.5 Å². The molecule has 0 aliphatic heterocycles. The van der Waals surface area contributed by atoms with Gasteiger partial charge in [-0.25, -0.2) is 0 Å². The smallest absolute Gasteiger partial charge is 0.217 e. The van der Waals surface area contributed by atoms with Gasteiger partial charge in [0.2, 0.25) is 5.91 Å². The molecule has 1 amide bonds.